The van der Waals surface area contributed by atoms with Gasteiger partial charge in [-0.2, -0.15) is 5.10 Å². The molecular formula is C22H29N5O5. The SMILES string of the molecule is CCOC(=O)C1CCN(C(=O)CN(C)C(=O)C2=NN(c3ccccc3)C(C(N)=O)C2)CC1. The molecule has 2 heterocycles. The molecule has 3 amide bonds. The highest BCUT2D eigenvalue weighted by Gasteiger charge is 2.36. The lowest BCUT2D eigenvalue weighted by atomic mass is 9.97. The van der Waals surface area contributed by atoms with Crippen LogP contribution < -0.4 is 10.7 Å². The third-order valence-electron chi connectivity index (χ3n) is 5.69. The molecule has 0 spiro atoms. The van der Waals surface area contributed by atoms with Crippen LogP contribution in [0.3, 0.4) is 0 Å². The van der Waals surface area contributed by atoms with Gasteiger partial charge in [0.05, 0.1) is 24.8 Å². The van der Waals surface area contributed by atoms with Gasteiger partial charge in [-0.25, -0.2) is 0 Å². The van der Waals surface area contributed by atoms with Gasteiger partial charge in [0.15, 0.2) is 0 Å². The van der Waals surface area contributed by atoms with Crippen molar-refractivity contribution in [1.29, 1.82) is 0 Å². The molecule has 1 atom stereocenters. The van der Waals surface area contributed by atoms with E-state index in [0.717, 1.165) is 0 Å². The van der Waals surface area contributed by atoms with Crippen LogP contribution in [0.4, 0.5) is 5.69 Å². The zero-order valence-corrected chi connectivity index (χ0v) is 18.4. The maximum Gasteiger partial charge on any atom is 0.309 e. The van der Waals surface area contributed by atoms with Gasteiger partial charge in [-0.1, -0.05) is 18.2 Å². The highest BCUT2D eigenvalue weighted by atomic mass is 16.5. The molecule has 0 aromatic heterocycles. The minimum absolute atomic E-state index is 0.0759. The number of anilines is 1. The summed E-state index contributed by atoms with van der Waals surface area (Å²) < 4.78 is 5.05. The Morgan fingerprint density at radius 2 is 1.81 bits per heavy atom. The predicted octanol–water partition coefficient (Wildman–Crippen LogP) is 0.367. The normalized spacial score (nSPS) is 18.8. The van der Waals surface area contributed by atoms with Gasteiger partial charge in [0.2, 0.25) is 11.8 Å². The topological polar surface area (TPSA) is 126 Å². The summed E-state index contributed by atoms with van der Waals surface area (Å²) in [7, 11) is 1.53. The summed E-state index contributed by atoms with van der Waals surface area (Å²) in [6.45, 7) is 2.87. The molecule has 1 saturated heterocycles. The Bertz CT molecular complexity index is 895. The van der Waals surface area contributed by atoms with Crippen molar-refractivity contribution in [3.8, 4) is 0 Å². The Morgan fingerprint density at radius 3 is 2.41 bits per heavy atom. The minimum Gasteiger partial charge on any atom is -0.466 e. The van der Waals surface area contributed by atoms with Gasteiger partial charge >= 0.3 is 5.97 Å². The van der Waals surface area contributed by atoms with Crippen molar-refractivity contribution >= 4 is 35.1 Å². The fourth-order valence-electron chi connectivity index (χ4n) is 3.90. The molecule has 10 heteroatoms. The van der Waals surface area contributed by atoms with Crippen LogP contribution in [0.25, 0.3) is 0 Å². The van der Waals surface area contributed by atoms with E-state index in [0.29, 0.717) is 38.2 Å². The van der Waals surface area contributed by atoms with Crippen molar-refractivity contribution in [2.75, 3.05) is 38.3 Å². The van der Waals surface area contributed by atoms with E-state index < -0.39 is 17.9 Å². The number of piperidine rings is 1. The molecule has 1 fully saturated rings. The van der Waals surface area contributed by atoms with E-state index in [2.05, 4.69) is 5.10 Å². The van der Waals surface area contributed by atoms with Crippen molar-refractivity contribution in [1.82, 2.24) is 9.80 Å². The summed E-state index contributed by atoms with van der Waals surface area (Å²) in [6.07, 6.45) is 1.16. The lowest BCUT2D eigenvalue weighted by Crippen LogP contribution is -2.46. The number of ether oxygens (including phenoxy) is 1. The molecule has 1 aromatic rings. The number of carbonyl (C=O) groups excluding carboxylic acids is 4. The summed E-state index contributed by atoms with van der Waals surface area (Å²) in [4.78, 5) is 52.3. The van der Waals surface area contributed by atoms with Gasteiger partial charge in [0.25, 0.3) is 5.91 Å². The Labute approximate surface area is 187 Å². The summed E-state index contributed by atoms with van der Waals surface area (Å²) in [5.74, 6) is -1.62. The summed E-state index contributed by atoms with van der Waals surface area (Å²) in [5, 5.41) is 5.78. The Hall–Kier alpha value is -3.43. The van der Waals surface area contributed by atoms with Gasteiger partial charge < -0.3 is 20.3 Å². The number of primary amides is 1. The molecule has 2 aliphatic rings. The largest absolute Gasteiger partial charge is 0.466 e. The molecule has 0 aliphatic carbocycles. The molecule has 0 bridgehead atoms. The summed E-state index contributed by atoms with van der Waals surface area (Å²) >= 11 is 0. The highest BCUT2D eigenvalue weighted by molar-refractivity contribution is 6.40. The maximum absolute atomic E-state index is 12.9. The van der Waals surface area contributed by atoms with Crippen molar-refractivity contribution in [2.24, 2.45) is 16.8 Å². The molecule has 32 heavy (non-hydrogen) atoms. The number of esters is 1. The maximum atomic E-state index is 12.9. The second-order valence-electron chi connectivity index (χ2n) is 7.92. The van der Waals surface area contributed by atoms with Gasteiger partial charge in [-0.3, -0.25) is 24.2 Å². The molecule has 3 rings (SSSR count). The number of likely N-dealkylation sites (N-methyl/N-ethyl adjacent to an activating group) is 1. The number of nitrogens with zero attached hydrogens (tertiary/aromatic N) is 4. The molecule has 172 valence electrons. The number of hydrogen-bond acceptors (Lipinski definition) is 7. The van der Waals surface area contributed by atoms with Crippen LogP contribution in [0.1, 0.15) is 26.2 Å². The van der Waals surface area contributed by atoms with Crippen LogP contribution in [-0.2, 0) is 23.9 Å². The second kappa shape index (κ2) is 10.3. The van der Waals surface area contributed by atoms with Crippen LogP contribution in [0, 0.1) is 5.92 Å². The molecular weight excluding hydrogens is 414 g/mol. The first-order valence-corrected chi connectivity index (χ1v) is 10.7. The van der Waals surface area contributed by atoms with Crippen molar-refractivity contribution in [2.45, 2.75) is 32.2 Å². The lowest BCUT2D eigenvalue weighted by molar-refractivity contribution is -0.151. The predicted molar refractivity (Wildman–Crippen MR) is 118 cm³/mol. The standard InChI is InChI=1S/C22H29N5O5/c1-3-32-22(31)15-9-11-26(12-10-15)19(28)14-25(2)21(30)17-13-18(20(23)29)27(24-17)16-7-5-4-6-8-16/h4-8,15,18H,3,9-14H2,1-2H3,(H2,23,29). The van der Waals surface area contributed by atoms with Gasteiger partial charge in [0.1, 0.15) is 11.8 Å². The van der Waals surface area contributed by atoms with Crippen molar-refractivity contribution in [3.05, 3.63) is 30.3 Å². The number of carbonyl (C=O) groups is 4. The third kappa shape index (κ3) is 5.24. The van der Waals surface area contributed by atoms with E-state index in [1.165, 1.54) is 17.0 Å². The molecule has 0 saturated carbocycles. The average Bonchev–Trinajstić information content (AvgIpc) is 3.25. The highest BCUT2D eigenvalue weighted by Crippen LogP contribution is 2.25. The fraction of sp³-hybridized carbons (Fsp3) is 0.500. The van der Waals surface area contributed by atoms with Crippen LogP contribution in [0.5, 0.6) is 0 Å². The number of nitrogens with two attached hydrogens (primary N) is 1. The van der Waals surface area contributed by atoms with Crippen LogP contribution >= 0.6 is 0 Å². The molecule has 2 aliphatic heterocycles. The van der Waals surface area contributed by atoms with Crippen LogP contribution in [-0.4, -0.2) is 78.5 Å². The van der Waals surface area contributed by atoms with E-state index in [4.69, 9.17) is 10.5 Å². The molecule has 0 radical (unpaired) electrons. The lowest BCUT2D eigenvalue weighted by Gasteiger charge is -2.32. The molecule has 1 unspecified atom stereocenters. The summed E-state index contributed by atoms with van der Waals surface area (Å²) in [5.41, 5.74) is 6.35. The number of para-hydroxylation sites is 1. The third-order valence-corrected chi connectivity index (χ3v) is 5.69. The second-order valence-corrected chi connectivity index (χ2v) is 7.92. The zero-order chi connectivity index (χ0) is 23.3. The zero-order valence-electron chi connectivity index (χ0n) is 18.4. The van der Waals surface area contributed by atoms with E-state index in [9.17, 15) is 19.2 Å². The first-order chi connectivity index (χ1) is 15.3. The monoisotopic (exact) mass is 443 g/mol. The van der Waals surface area contributed by atoms with E-state index >= 15 is 0 Å². The average molecular weight is 444 g/mol. The minimum atomic E-state index is -0.762. The number of hydrazone groups is 1. The van der Waals surface area contributed by atoms with E-state index in [-0.39, 0.29) is 36.5 Å². The van der Waals surface area contributed by atoms with E-state index in [1.807, 2.05) is 6.07 Å². The number of benzene rings is 1. The van der Waals surface area contributed by atoms with Crippen LogP contribution in [0.15, 0.2) is 35.4 Å². The van der Waals surface area contributed by atoms with Gasteiger partial charge in [-0.15, -0.1) is 0 Å². The fourth-order valence-corrected chi connectivity index (χ4v) is 3.90. The first-order valence-electron chi connectivity index (χ1n) is 10.7. The van der Waals surface area contributed by atoms with E-state index in [1.54, 1.807) is 36.1 Å². The number of hydrogen-bond donors (Lipinski definition) is 1. The van der Waals surface area contributed by atoms with Gasteiger partial charge in [-0.05, 0) is 31.9 Å². The van der Waals surface area contributed by atoms with Crippen molar-refractivity contribution in [3.63, 3.8) is 0 Å². The molecule has 10 nitrogen and oxygen atoms in total. The number of rotatable bonds is 7. The quantitative estimate of drug-likeness (QED) is 0.607. The van der Waals surface area contributed by atoms with Crippen molar-refractivity contribution < 1.29 is 23.9 Å². The molecule has 2 N–H and O–H groups in total. The number of amides is 3. The van der Waals surface area contributed by atoms with Gasteiger partial charge in [0, 0.05) is 26.6 Å². The van der Waals surface area contributed by atoms with Crippen LogP contribution in [0.2, 0.25) is 0 Å². The Kier molecular flexibility index (Phi) is 7.45. The first kappa shape index (κ1) is 23.2. The smallest absolute Gasteiger partial charge is 0.309 e. The Balaban J connectivity index is 1.59. The number of likely N-dealkylation sites (tertiary alicyclic amines) is 1. The molecule has 1 aromatic carbocycles. The Morgan fingerprint density at radius 1 is 1.16 bits per heavy atom. The summed E-state index contributed by atoms with van der Waals surface area (Å²) in [6, 6.07) is 8.24.